The van der Waals surface area contributed by atoms with Gasteiger partial charge in [-0.15, -0.1) is 0 Å². The molecule has 1 fully saturated rings. The Kier molecular flexibility index (Phi) is 6.68. The minimum Gasteiger partial charge on any atom is -0.439 e. The summed E-state index contributed by atoms with van der Waals surface area (Å²) in [5.41, 5.74) is -0.167. The number of aromatic nitrogens is 1. The zero-order valence-corrected chi connectivity index (χ0v) is 18.5. The fraction of sp³-hybridized carbons (Fsp3) is 0.435. The van der Waals surface area contributed by atoms with Gasteiger partial charge in [0.2, 0.25) is 5.88 Å². The number of carbonyl (C=O) groups excluding carboxylic acids is 1. The normalized spacial score (nSPS) is 14.3. The van der Waals surface area contributed by atoms with Crippen LogP contribution in [0.5, 0.6) is 11.6 Å². The first-order valence-corrected chi connectivity index (χ1v) is 10.4. The molecule has 1 saturated heterocycles. The Bertz CT molecular complexity index is 989. The molecule has 1 aliphatic heterocycles. The number of hydrogen-bond donors (Lipinski definition) is 1. The highest BCUT2D eigenvalue weighted by Gasteiger charge is 2.35. The van der Waals surface area contributed by atoms with Crippen molar-refractivity contribution in [2.45, 2.75) is 51.7 Å². The topological polar surface area (TPSA) is 95.7 Å². The third kappa shape index (κ3) is 5.24. The van der Waals surface area contributed by atoms with Crippen LogP contribution in [0.3, 0.4) is 0 Å². The molecule has 0 aliphatic carbocycles. The first kappa shape index (κ1) is 22.8. The molecule has 162 valence electrons. The predicted octanol–water partition coefficient (Wildman–Crippen LogP) is 2.70. The molecule has 0 spiro atoms. The minimum atomic E-state index is -1.04. The Morgan fingerprint density at radius 3 is 2.52 bits per heavy atom. The third-order valence-electron chi connectivity index (χ3n) is 5.90. The fourth-order valence-corrected chi connectivity index (χ4v) is 3.18. The van der Waals surface area contributed by atoms with E-state index in [1.807, 2.05) is 0 Å². The van der Waals surface area contributed by atoms with Crippen molar-refractivity contribution >= 4 is 25.0 Å². The van der Waals surface area contributed by atoms with Gasteiger partial charge >= 0.3 is 7.48 Å². The molecule has 0 saturated carbocycles. The van der Waals surface area contributed by atoms with Gasteiger partial charge in [-0.25, -0.2) is 0 Å². The predicted molar refractivity (Wildman–Crippen MR) is 121 cm³/mol. The smallest absolute Gasteiger partial charge is 0.310 e. The number of rotatable bonds is 8. The second-order valence-electron chi connectivity index (χ2n) is 8.77. The number of hydrogen-bond acceptors (Lipinski definition) is 7. The average Bonchev–Trinajstić information content (AvgIpc) is 3.26. The van der Waals surface area contributed by atoms with Gasteiger partial charge in [-0.3, -0.25) is 4.79 Å². The summed E-state index contributed by atoms with van der Waals surface area (Å²) in [5.74, 6) is 1.47. The van der Waals surface area contributed by atoms with E-state index in [9.17, 15) is 15.2 Å². The Balaban J connectivity index is 1.78. The van der Waals surface area contributed by atoms with Crippen LogP contribution in [0.1, 0.15) is 56.5 Å². The Morgan fingerprint density at radius 2 is 1.90 bits per heavy atom. The van der Waals surface area contributed by atoms with Gasteiger partial charge in [0.15, 0.2) is 5.82 Å². The van der Waals surface area contributed by atoms with Crippen molar-refractivity contribution in [3.05, 3.63) is 41.5 Å². The van der Waals surface area contributed by atoms with Crippen LogP contribution in [-0.2, 0) is 4.65 Å². The van der Waals surface area contributed by atoms with Gasteiger partial charge in [-0.2, -0.15) is 10.2 Å². The number of carbonyl (C=O) groups is 1. The molecule has 8 heteroatoms. The highest BCUT2D eigenvalue weighted by Crippen LogP contribution is 2.28. The van der Waals surface area contributed by atoms with Crippen LogP contribution in [0.25, 0.3) is 0 Å². The van der Waals surface area contributed by atoms with E-state index in [1.54, 1.807) is 58.0 Å². The van der Waals surface area contributed by atoms with Crippen LogP contribution in [-0.4, -0.2) is 48.2 Å². The lowest BCUT2D eigenvalue weighted by atomic mass is 9.80. The van der Waals surface area contributed by atoms with Crippen LogP contribution in [0.4, 0.5) is 5.82 Å². The van der Waals surface area contributed by atoms with E-state index >= 15 is 0 Å². The fourth-order valence-electron chi connectivity index (χ4n) is 3.18. The van der Waals surface area contributed by atoms with Crippen molar-refractivity contribution < 1.29 is 19.3 Å². The van der Waals surface area contributed by atoms with Crippen molar-refractivity contribution in [1.82, 2.24) is 4.98 Å². The Hall–Kier alpha value is -2.89. The van der Waals surface area contributed by atoms with E-state index in [-0.39, 0.29) is 7.48 Å². The number of pyridine rings is 1. The first-order valence-electron chi connectivity index (χ1n) is 10.4. The lowest BCUT2D eigenvalue weighted by molar-refractivity contribution is -0.0893. The summed E-state index contributed by atoms with van der Waals surface area (Å²) in [6, 6.07) is 10.7. The Labute approximate surface area is 183 Å². The maximum absolute atomic E-state index is 11.6. The molecule has 0 unspecified atom stereocenters. The number of ether oxygens (including phenoxy) is 1. The maximum Gasteiger partial charge on any atom is 0.310 e. The van der Waals surface area contributed by atoms with Gasteiger partial charge in [0.1, 0.15) is 18.1 Å². The molecule has 0 atom stereocenters. The summed E-state index contributed by atoms with van der Waals surface area (Å²) in [5, 5.41) is 19.6. The van der Waals surface area contributed by atoms with Gasteiger partial charge in [-0.05, 0) is 64.2 Å². The highest BCUT2D eigenvalue weighted by molar-refractivity contribution is 6.49. The zero-order valence-electron chi connectivity index (χ0n) is 18.5. The molecule has 31 heavy (non-hydrogen) atoms. The summed E-state index contributed by atoms with van der Waals surface area (Å²) in [6.07, 6.45) is 2.91. The zero-order chi connectivity index (χ0) is 22.6. The molecule has 1 aromatic carbocycles. The number of nitrogens with zero attached hydrogens (tertiary/aromatic N) is 3. The van der Waals surface area contributed by atoms with Gasteiger partial charge in [-0.1, -0.05) is 6.07 Å². The third-order valence-corrected chi connectivity index (χ3v) is 5.90. The number of anilines is 1. The lowest BCUT2D eigenvalue weighted by Gasteiger charge is -2.37. The highest BCUT2D eigenvalue weighted by atomic mass is 16.5. The van der Waals surface area contributed by atoms with Crippen LogP contribution in [0.2, 0.25) is 0 Å². The molecule has 2 aromatic rings. The van der Waals surface area contributed by atoms with Crippen LogP contribution in [0.15, 0.2) is 30.3 Å². The number of aldehydes is 1. The quantitative estimate of drug-likeness (QED) is 0.517. The monoisotopic (exact) mass is 421 g/mol. The second-order valence-corrected chi connectivity index (χ2v) is 8.77. The molecule has 0 bridgehead atoms. The van der Waals surface area contributed by atoms with Gasteiger partial charge in [0.05, 0.1) is 16.8 Å². The van der Waals surface area contributed by atoms with Gasteiger partial charge < -0.3 is 19.4 Å². The van der Waals surface area contributed by atoms with Crippen molar-refractivity contribution in [2.75, 3.05) is 18.0 Å². The molecule has 1 N–H and O–H groups in total. The molecule has 1 aromatic heterocycles. The molecule has 7 nitrogen and oxygen atoms in total. The second kappa shape index (κ2) is 9.09. The van der Waals surface area contributed by atoms with Crippen molar-refractivity contribution in [1.29, 1.82) is 5.26 Å². The standard InChI is InChI=1S/C23H28BN3O4/c1-22(2,29)23(3,4)31-24-19-9-8-18(13-17(19)15-28)30-20-10-7-16(14-25)21(26-20)27-11-5-6-12-27/h7-10,13,15,24,29H,5-6,11-12H2,1-4H3. The van der Waals surface area contributed by atoms with Gasteiger partial charge in [0.25, 0.3) is 0 Å². The maximum atomic E-state index is 11.6. The summed E-state index contributed by atoms with van der Waals surface area (Å²) in [7, 11) is 0.180. The molecule has 2 heterocycles. The van der Waals surface area contributed by atoms with E-state index < -0.39 is 11.2 Å². The number of benzene rings is 1. The average molecular weight is 421 g/mol. The van der Waals surface area contributed by atoms with Crippen LogP contribution >= 0.6 is 0 Å². The summed E-state index contributed by atoms with van der Waals surface area (Å²) >= 11 is 0. The molecular weight excluding hydrogens is 393 g/mol. The van der Waals surface area contributed by atoms with E-state index in [1.165, 1.54) is 0 Å². The van der Waals surface area contributed by atoms with Crippen molar-refractivity contribution in [2.24, 2.45) is 0 Å². The number of aliphatic hydroxyl groups is 1. The van der Waals surface area contributed by atoms with E-state index in [2.05, 4.69) is 16.0 Å². The number of nitriles is 1. The summed E-state index contributed by atoms with van der Waals surface area (Å²) in [6.45, 7) is 8.72. The van der Waals surface area contributed by atoms with Crippen LogP contribution in [0, 0.1) is 11.3 Å². The van der Waals surface area contributed by atoms with Gasteiger partial charge in [0, 0.05) is 24.7 Å². The van der Waals surface area contributed by atoms with E-state index in [0.29, 0.717) is 34.0 Å². The van der Waals surface area contributed by atoms with E-state index in [4.69, 9.17) is 9.39 Å². The SMILES string of the molecule is CC(C)(O)C(C)(C)OBc1ccc(Oc2ccc(C#N)c(N3CCCC3)n2)cc1C=O. The molecular formula is C23H28BN3O4. The molecule has 3 rings (SSSR count). The molecule has 0 amide bonds. The first-order chi connectivity index (χ1) is 14.6. The minimum absolute atomic E-state index is 0.180. The molecule has 1 aliphatic rings. The van der Waals surface area contributed by atoms with Crippen LogP contribution < -0.4 is 15.1 Å². The largest absolute Gasteiger partial charge is 0.439 e. The van der Waals surface area contributed by atoms with Crippen molar-refractivity contribution in [3.63, 3.8) is 0 Å². The lowest BCUT2D eigenvalue weighted by Crippen LogP contribution is -2.49. The van der Waals surface area contributed by atoms with E-state index in [0.717, 1.165) is 32.2 Å². The summed E-state index contributed by atoms with van der Waals surface area (Å²) in [4.78, 5) is 18.3. The molecule has 0 radical (unpaired) electrons. The van der Waals surface area contributed by atoms with Crippen molar-refractivity contribution in [3.8, 4) is 17.7 Å². The Morgan fingerprint density at radius 1 is 1.19 bits per heavy atom. The summed E-state index contributed by atoms with van der Waals surface area (Å²) < 4.78 is 11.8.